The van der Waals surface area contributed by atoms with Gasteiger partial charge in [0.15, 0.2) is 0 Å². The Morgan fingerprint density at radius 1 is 0.750 bits per heavy atom. The standard InChI is InChI=1S/C6H10O4S.C5H12O4/c7-5(8)1-3-11-4-2-6(9)10;6-1-5(2-7,3-8)4-9/h1-4H2,(H,7,8)(H,9,10);6-9H,1-4H2. The van der Waals surface area contributed by atoms with Crippen LogP contribution >= 0.6 is 11.8 Å². The SMILES string of the molecule is O=C(O)CCSCCC(=O)O.OCC(CO)(CO)CO. The van der Waals surface area contributed by atoms with Crippen molar-refractivity contribution in [1.29, 1.82) is 0 Å². The van der Waals surface area contributed by atoms with E-state index in [9.17, 15) is 9.59 Å². The van der Waals surface area contributed by atoms with Crippen molar-refractivity contribution in [3.63, 3.8) is 0 Å². The van der Waals surface area contributed by atoms with Crippen LogP contribution in [0.3, 0.4) is 0 Å². The zero-order valence-electron chi connectivity index (χ0n) is 11.1. The number of aliphatic hydroxyl groups is 4. The molecular formula is C11H22O8S. The summed E-state index contributed by atoms with van der Waals surface area (Å²) in [6.07, 6.45) is 0.203. The van der Waals surface area contributed by atoms with Crippen LogP contribution in [0.25, 0.3) is 0 Å². The lowest BCUT2D eigenvalue weighted by Crippen LogP contribution is -2.37. The lowest BCUT2D eigenvalue weighted by Gasteiger charge is -2.23. The third-order valence-corrected chi connectivity index (χ3v) is 3.25. The third kappa shape index (κ3) is 12.2. The molecule has 0 heterocycles. The number of carboxylic acid groups (broad SMARTS) is 2. The number of hydrogen-bond acceptors (Lipinski definition) is 7. The first-order valence-corrected chi connectivity index (χ1v) is 6.97. The van der Waals surface area contributed by atoms with E-state index in [4.69, 9.17) is 30.6 Å². The topological polar surface area (TPSA) is 156 Å². The van der Waals surface area contributed by atoms with Crippen molar-refractivity contribution in [2.45, 2.75) is 12.8 Å². The monoisotopic (exact) mass is 314 g/mol. The molecule has 0 aromatic rings. The lowest BCUT2D eigenvalue weighted by molar-refractivity contribution is -0.137. The zero-order chi connectivity index (χ0) is 16.0. The van der Waals surface area contributed by atoms with Crippen LogP contribution in [0.1, 0.15) is 12.8 Å². The van der Waals surface area contributed by atoms with Crippen molar-refractivity contribution >= 4 is 23.7 Å². The molecule has 20 heavy (non-hydrogen) atoms. The van der Waals surface area contributed by atoms with Gasteiger partial charge in [-0.2, -0.15) is 11.8 Å². The van der Waals surface area contributed by atoms with Gasteiger partial charge in [-0.15, -0.1) is 0 Å². The van der Waals surface area contributed by atoms with E-state index in [0.29, 0.717) is 11.5 Å². The van der Waals surface area contributed by atoms with Gasteiger partial charge >= 0.3 is 11.9 Å². The number of thioether (sulfide) groups is 1. The summed E-state index contributed by atoms with van der Waals surface area (Å²) in [5, 5.41) is 50.4. The molecule has 0 rings (SSSR count). The van der Waals surface area contributed by atoms with Crippen LogP contribution in [-0.2, 0) is 9.59 Å². The predicted octanol–water partition coefficient (Wildman–Crippen LogP) is -1.39. The van der Waals surface area contributed by atoms with Crippen LogP contribution in [0.15, 0.2) is 0 Å². The Balaban J connectivity index is 0. The van der Waals surface area contributed by atoms with E-state index in [2.05, 4.69) is 0 Å². The van der Waals surface area contributed by atoms with Gasteiger partial charge in [0.05, 0.1) is 44.7 Å². The van der Waals surface area contributed by atoms with Crippen LogP contribution in [0, 0.1) is 5.41 Å². The molecule has 120 valence electrons. The van der Waals surface area contributed by atoms with Crippen molar-refractivity contribution in [2.24, 2.45) is 5.41 Å². The van der Waals surface area contributed by atoms with E-state index < -0.39 is 43.8 Å². The molecule has 0 atom stereocenters. The van der Waals surface area contributed by atoms with Gasteiger partial charge in [0.25, 0.3) is 0 Å². The summed E-state index contributed by atoms with van der Waals surface area (Å²) in [5.74, 6) is -0.703. The summed E-state index contributed by atoms with van der Waals surface area (Å²) in [5.41, 5.74) is -1.11. The number of aliphatic hydroxyl groups excluding tert-OH is 4. The van der Waals surface area contributed by atoms with E-state index >= 15 is 0 Å². The van der Waals surface area contributed by atoms with Crippen LogP contribution in [0.4, 0.5) is 0 Å². The van der Waals surface area contributed by atoms with E-state index in [0.717, 1.165) is 0 Å². The van der Waals surface area contributed by atoms with Crippen LogP contribution in [0.5, 0.6) is 0 Å². The Bertz CT molecular complexity index is 234. The maximum absolute atomic E-state index is 9.97. The van der Waals surface area contributed by atoms with Gasteiger partial charge in [0.2, 0.25) is 0 Å². The molecule has 0 saturated carbocycles. The molecule has 0 aromatic heterocycles. The van der Waals surface area contributed by atoms with Gasteiger partial charge in [-0.3, -0.25) is 9.59 Å². The Hall–Kier alpha value is -0.870. The van der Waals surface area contributed by atoms with Crippen LogP contribution < -0.4 is 0 Å². The third-order valence-electron chi connectivity index (χ3n) is 2.26. The quantitative estimate of drug-likeness (QED) is 0.267. The second-order valence-corrected chi connectivity index (χ2v) is 5.26. The molecule has 0 aliphatic heterocycles. The van der Waals surface area contributed by atoms with E-state index in [1.54, 1.807) is 0 Å². The molecule has 0 unspecified atom stereocenters. The molecule has 0 bridgehead atoms. The highest BCUT2D eigenvalue weighted by Gasteiger charge is 2.26. The first-order valence-electron chi connectivity index (χ1n) is 5.82. The second kappa shape index (κ2) is 13.1. The van der Waals surface area contributed by atoms with Crippen molar-refractivity contribution < 1.29 is 40.2 Å². The van der Waals surface area contributed by atoms with Crippen molar-refractivity contribution in [3.05, 3.63) is 0 Å². The molecule has 8 nitrogen and oxygen atoms in total. The first-order chi connectivity index (χ1) is 9.37. The predicted molar refractivity (Wildman–Crippen MR) is 72.6 cm³/mol. The lowest BCUT2D eigenvalue weighted by atomic mass is 9.93. The van der Waals surface area contributed by atoms with Gasteiger partial charge < -0.3 is 30.6 Å². The highest BCUT2D eigenvalue weighted by atomic mass is 32.2. The average molecular weight is 314 g/mol. The molecule has 0 radical (unpaired) electrons. The number of carboxylic acids is 2. The number of hydrogen-bond donors (Lipinski definition) is 6. The summed E-state index contributed by atoms with van der Waals surface area (Å²) in [7, 11) is 0. The van der Waals surface area contributed by atoms with Gasteiger partial charge in [-0.05, 0) is 0 Å². The minimum absolute atomic E-state index is 0.101. The molecule has 6 N–H and O–H groups in total. The van der Waals surface area contributed by atoms with E-state index in [1.807, 2.05) is 0 Å². The molecule has 9 heteroatoms. The van der Waals surface area contributed by atoms with Gasteiger partial charge in [-0.25, -0.2) is 0 Å². The van der Waals surface area contributed by atoms with Gasteiger partial charge in [-0.1, -0.05) is 0 Å². The number of carbonyl (C=O) groups is 2. The Kier molecular flexibility index (Phi) is 14.1. The van der Waals surface area contributed by atoms with Crippen molar-refractivity contribution in [2.75, 3.05) is 37.9 Å². The maximum atomic E-state index is 9.97. The highest BCUT2D eigenvalue weighted by Crippen LogP contribution is 2.11. The van der Waals surface area contributed by atoms with Crippen LogP contribution in [0.2, 0.25) is 0 Å². The fourth-order valence-corrected chi connectivity index (χ4v) is 1.56. The molecule has 0 spiro atoms. The van der Waals surface area contributed by atoms with Gasteiger partial charge in [0, 0.05) is 11.5 Å². The van der Waals surface area contributed by atoms with E-state index in [-0.39, 0.29) is 12.8 Å². The average Bonchev–Trinajstić information content (AvgIpc) is 2.42. The molecule has 0 saturated heterocycles. The zero-order valence-corrected chi connectivity index (χ0v) is 11.9. The highest BCUT2D eigenvalue weighted by molar-refractivity contribution is 7.99. The van der Waals surface area contributed by atoms with Crippen molar-refractivity contribution in [1.82, 2.24) is 0 Å². The minimum atomic E-state index is -1.11. The largest absolute Gasteiger partial charge is 0.481 e. The van der Waals surface area contributed by atoms with E-state index in [1.165, 1.54) is 11.8 Å². The minimum Gasteiger partial charge on any atom is -0.481 e. The number of aliphatic carboxylic acids is 2. The fourth-order valence-electron chi connectivity index (χ4n) is 0.721. The molecule has 0 aliphatic carbocycles. The Morgan fingerprint density at radius 3 is 1.20 bits per heavy atom. The smallest absolute Gasteiger partial charge is 0.304 e. The molecular weight excluding hydrogens is 292 g/mol. The van der Waals surface area contributed by atoms with Gasteiger partial charge in [0.1, 0.15) is 0 Å². The Morgan fingerprint density at radius 2 is 1.05 bits per heavy atom. The summed E-state index contributed by atoms with van der Waals surface area (Å²) < 4.78 is 0. The summed E-state index contributed by atoms with van der Waals surface area (Å²) in [4.78, 5) is 19.9. The second-order valence-electron chi connectivity index (χ2n) is 4.03. The molecule has 0 aromatic carbocycles. The summed E-state index contributed by atoms with van der Waals surface area (Å²) >= 11 is 1.35. The van der Waals surface area contributed by atoms with Crippen LogP contribution in [-0.4, -0.2) is 80.5 Å². The summed E-state index contributed by atoms with van der Waals surface area (Å²) in [6.45, 7) is -1.62. The maximum Gasteiger partial charge on any atom is 0.304 e. The fraction of sp³-hybridized carbons (Fsp3) is 0.818. The first kappa shape index (κ1) is 21.4. The molecule has 0 fully saturated rings. The molecule has 0 aliphatic rings. The van der Waals surface area contributed by atoms with Crippen molar-refractivity contribution in [3.8, 4) is 0 Å². The normalized spacial score (nSPS) is 10.6. The summed E-state index contributed by atoms with van der Waals surface area (Å²) in [6, 6.07) is 0. The molecule has 0 amide bonds. The Labute approximate surface area is 121 Å². The number of rotatable bonds is 10.